The highest BCUT2D eigenvalue weighted by Crippen LogP contribution is 2.16. The zero-order valence-corrected chi connectivity index (χ0v) is 11.9. The van der Waals surface area contributed by atoms with Gasteiger partial charge in [-0.25, -0.2) is 9.59 Å². The Morgan fingerprint density at radius 1 is 0.889 bits per heavy atom. The number of carbonyl (C=O) groups excluding carboxylic acids is 2. The van der Waals surface area contributed by atoms with Crippen LogP contribution in [0.1, 0.15) is 54.4 Å². The van der Waals surface area contributed by atoms with Crippen molar-refractivity contribution in [3.8, 4) is 0 Å². The van der Waals surface area contributed by atoms with Crippen LogP contribution in [0.5, 0.6) is 0 Å². The standard InChI is InChI=1S/C12H22O6/c1-7-8-12(5,6)18-16-10(14)9(13)15-17-11(2,3)4/h7-8H2,1-6H3. The number of rotatable bonds is 5. The molecule has 0 atom stereocenters. The minimum Gasteiger partial charge on any atom is -0.285 e. The van der Waals surface area contributed by atoms with E-state index in [2.05, 4.69) is 14.7 Å². The summed E-state index contributed by atoms with van der Waals surface area (Å²) in [6, 6.07) is 0. The lowest BCUT2D eigenvalue weighted by atomic mass is 10.0. The van der Waals surface area contributed by atoms with Crippen molar-refractivity contribution in [1.82, 2.24) is 0 Å². The predicted molar refractivity (Wildman–Crippen MR) is 63.1 cm³/mol. The van der Waals surface area contributed by atoms with Gasteiger partial charge >= 0.3 is 11.9 Å². The van der Waals surface area contributed by atoms with Crippen LogP contribution >= 0.6 is 0 Å². The van der Waals surface area contributed by atoms with Crippen LogP contribution in [-0.2, 0) is 29.1 Å². The third kappa shape index (κ3) is 8.03. The van der Waals surface area contributed by atoms with Crippen molar-refractivity contribution < 1.29 is 29.1 Å². The molecule has 0 aromatic heterocycles. The van der Waals surface area contributed by atoms with Crippen molar-refractivity contribution in [2.45, 2.75) is 65.6 Å². The van der Waals surface area contributed by atoms with Gasteiger partial charge in [0.05, 0.1) is 0 Å². The Kier molecular flexibility index (Phi) is 6.28. The van der Waals surface area contributed by atoms with Gasteiger partial charge in [-0.15, -0.1) is 0 Å². The molecule has 0 aromatic carbocycles. The van der Waals surface area contributed by atoms with E-state index in [0.717, 1.165) is 6.42 Å². The number of hydrogen-bond acceptors (Lipinski definition) is 6. The molecule has 18 heavy (non-hydrogen) atoms. The molecule has 0 aromatic rings. The van der Waals surface area contributed by atoms with Crippen LogP contribution in [0.3, 0.4) is 0 Å². The Bertz CT molecular complexity index is 289. The lowest BCUT2D eigenvalue weighted by molar-refractivity contribution is -0.342. The van der Waals surface area contributed by atoms with Gasteiger partial charge in [-0.2, -0.15) is 9.78 Å². The van der Waals surface area contributed by atoms with Gasteiger partial charge in [0.2, 0.25) is 0 Å². The van der Waals surface area contributed by atoms with Crippen molar-refractivity contribution in [3.63, 3.8) is 0 Å². The quantitative estimate of drug-likeness (QED) is 0.430. The fourth-order valence-electron chi connectivity index (χ4n) is 1.03. The van der Waals surface area contributed by atoms with E-state index in [1.807, 2.05) is 6.92 Å². The van der Waals surface area contributed by atoms with E-state index >= 15 is 0 Å². The largest absolute Gasteiger partial charge is 0.453 e. The van der Waals surface area contributed by atoms with E-state index in [1.54, 1.807) is 34.6 Å². The fraction of sp³-hybridized carbons (Fsp3) is 0.833. The molecule has 0 rings (SSSR count). The minimum atomic E-state index is -1.25. The van der Waals surface area contributed by atoms with Crippen LogP contribution in [0, 0.1) is 0 Å². The van der Waals surface area contributed by atoms with Crippen LogP contribution in [0.25, 0.3) is 0 Å². The molecule has 106 valence electrons. The maximum atomic E-state index is 11.2. The van der Waals surface area contributed by atoms with Gasteiger partial charge in [0, 0.05) is 0 Å². The number of carbonyl (C=O) groups is 2. The molecule has 0 spiro atoms. The third-order valence-corrected chi connectivity index (χ3v) is 1.73. The average molecular weight is 262 g/mol. The first-order chi connectivity index (χ1) is 8.07. The second-order valence-corrected chi connectivity index (χ2v) is 5.53. The summed E-state index contributed by atoms with van der Waals surface area (Å²) in [5.74, 6) is -2.50. The van der Waals surface area contributed by atoms with E-state index in [0.29, 0.717) is 6.42 Å². The zero-order valence-electron chi connectivity index (χ0n) is 11.9. The van der Waals surface area contributed by atoms with E-state index in [1.165, 1.54) is 0 Å². The van der Waals surface area contributed by atoms with E-state index in [9.17, 15) is 9.59 Å². The van der Waals surface area contributed by atoms with Gasteiger partial charge in [0.1, 0.15) is 11.2 Å². The van der Waals surface area contributed by atoms with Gasteiger partial charge in [-0.05, 0) is 41.0 Å². The Labute approximate surface area is 107 Å². The van der Waals surface area contributed by atoms with Crippen LogP contribution in [0.4, 0.5) is 0 Å². The molecule has 0 unspecified atom stereocenters. The Hall–Kier alpha value is -1.14. The number of hydrogen-bond donors (Lipinski definition) is 0. The summed E-state index contributed by atoms with van der Waals surface area (Å²) in [5.41, 5.74) is -1.34. The minimum absolute atomic E-state index is 0.643. The first-order valence-electron chi connectivity index (χ1n) is 5.87. The summed E-state index contributed by atoms with van der Waals surface area (Å²) in [4.78, 5) is 40.6. The Morgan fingerprint density at radius 2 is 1.33 bits per heavy atom. The third-order valence-electron chi connectivity index (χ3n) is 1.73. The van der Waals surface area contributed by atoms with Gasteiger partial charge < -0.3 is 0 Å². The molecule has 0 aliphatic carbocycles. The molecule has 6 heteroatoms. The molecular weight excluding hydrogens is 240 g/mol. The van der Waals surface area contributed by atoms with E-state index in [-0.39, 0.29) is 0 Å². The van der Waals surface area contributed by atoms with Crippen LogP contribution in [-0.4, -0.2) is 23.1 Å². The molecule has 0 fully saturated rings. The lowest BCUT2D eigenvalue weighted by Crippen LogP contribution is -2.31. The van der Waals surface area contributed by atoms with Crippen molar-refractivity contribution >= 4 is 11.9 Å². The lowest BCUT2D eigenvalue weighted by Gasteiger charge is -2.21. The summed E-state index contributed by atoms with van der Waals surface area (Å²) < 4.78 is 0. The Morgan fingerprint density at radius 3 is 1.72 bits per heavy atom. The molecule has 0 amide bonds. The second kappa shape index (κ2) is 6.70. The average Bonchev–Trinajstić information content (AvgIpc) is 2.21. The summed E-state index contributed by atoms with van der Waals surface area (Å²) >= 11 is 0. The zero-order chi connectivity index (χ0) is 14.4. The first-order valence-corrected chi connectivity index (χ1v) is 5.87. The maximum absolute atomic E-state index is 11.2. The van der Waals surface area contributed by atoms with Gasteiger partial charge in [0.25, 0.3) is 0 Å². The van der Waals surface area contributed by atoms with E-state index < -0.39 is 23.1 Å². The topological polar surface area (TPSA) is 71.1 Å². The molecule has 0 saturated carbocycles. The van der Waals surface area contributed by atoms with Crippen LogP contribution in [0.2, 0.25) is 0 Å². The summed E-state index contributed by atoms with van der Waals surface area (Å²) in [6.45, 7) is 10.5. The predicted octanol–water partition coefficient (Wildman–Crippen LogP) is 2.31. The molecule has 0 saturated heterocycles. The Balaban J connectivity index is 4.06. The molecule has 0 aliphatic heterocycles. The highest BCUT2D eigenvalue weighted by Gasteiger charge is 2.27. The molecule has 0 heterocycles. The summed E-state index contributed by atoms with van der Waals surface area (Å²) in [7, 11) is 0. The highest BCUT2D eigenvalue weighted by atomic mass is 17.2. The molecular formula is C12H22O6. The van der Waals surface area contributed by atoms with Crippen molar-refractivity contribution in [1.29, 1.82) is 0 Å². The van der Waals surface area contributed by atoms with Crippen molar-refractivity contribution in [2.24, 2.45) is 0 Å². The monoisotopic (exact) mass is 262 g/mol. The van der Waals surface area contributed by atoms with Crippen LogP contribution < -0.4 is 0 Å². The highest BCUT2D eigenvalue weighted by molar-refractivity contribution is 6.29. The molecule has 0 aliphatic rings. The molecule has 0 radical (unpaired) electrons. The van der Waals surface area contributed by atoms with Crippen molar-refractivity contribution in [2.75, 3.05) is 0 Å². The van der Waals surface area contributed by atoms with E-state index in [4.69, 9.17) is 4.89 Å². The first kappa shape index (κ1) is 16.9. The molecule has 0 bridgehead atoms. The fourth-order valence-corrected chi connectivity index (χ4v) is 1.03. The van der Waals surface area contributed by atoms with Crippen LogP contribution in [0.15, 0.2) is 0 Å². The van der Waals surface area contributed by atoms with Gasteiger partial charge in [0.15, 0.2) is 0 Å². The summed E-state index contributed by atoms with van der Waals surface area (Å²) in [6.07, 6.45) is 1.55. The SMILES string of the molecule is CCCC(C)(C)OOC(=O)C(=O)OOC(C)(C)C. The van der Waals surface area contributed by atoms with Gasteiger partial charge in [-0.1, -0.05) is 13.3 Å². The maximum Gasteiger partial charge on any atom is 0.453 e. The molecule has 6 nitrogen and oxygen atoms in total. The van der Waals surface area contributed by atoms with Crippen molar-refractivity contribution in [3.05, 3.63) is 0 Å². The smallest absolute Gasteiger partial charge is 0.285 e. The summed E-state index contributed by atoms with van der Waals surface area (Å²) in [5, 5.41) is 0. The normalized spacial score (nSPS) is 12.1. The second-order valence-electron chi connectivity index (χ2n) is 5.53. The van der Waals surface area contributed by atoms with Gasteiger partial charge in [-0.3, -0.25) is 9.78 Å². The molecule has 0 N–H and O–H groups in total.